The average molecular weight is 300 g/mol. The second kappa shape index (κ2) is 5.67. The zero-order valence-corrected chi connectivity index (χ0v) is 12.4. The van der Waals surface area contributed by atoms with Crippen LogP contribution in [-0.4, -0.2) is 37.1 Å². The lowest BCUT2D eigenvalue weighted by Gasteiger charge is -2.24. The van der Waals surface area contributed by atoms with Gasteiger partial charge < -0.3 is 10.2 Å². The molecule has 19 heavy (non-hydrogen) atoms. The summed E-state index contributed by atoms with van der Waals surface area (Å²) >= 11 is 11.9. The Kier molecular flexibility index (Phi) is 4.17. The van der Waals surface area contributed by atoms with E-state index in [1.807, 2.05) is 32.0 Å². The Morgan fingerprint density at radius 3 is 2.58 bits per heavy atom. The molecule has 0 saturated carbocycles. The highest BCUT2D eigenvalue weighted by Crippen LogP contribution is 2.25. The second-order valence-electron chi connectivity index (χ2n) is 4.34. The van der Waals surface area contributed by atoms with Crippen LogP contribution in [0.15, 0.2) is 28.2 Å². The highest BCUT2D eigenvalue weighted by atomic mass is 35.5. The number of aliphatic imine (C=N–C) groups is 2. The van der Waals surface area contributed by atoms with Gasteiger partial charge in [-0.05, 0) is 25.1 Å². The number of guanidine groups is 2. The smallest absolute Gasteiger partial charge is 0.204 e. The number of nitrogens with one attached hydrogen (secondary N) is 2. The quantitative estimate of drug-likeness (QED) is 0.838. The molecule has 1 aliphatic heterocycles. The monoisotopic (exact) mass is 299 g/mol. The largest absolute Gasteiger partial charge is 0.349 e. The molecule has 2 rings (SSSR count). The number of hydrogen-bond acceptors (Lipinski definition) is 5. The van der Waals surface area contributed by atoms with Crippen LogP contribution < -0.4 is 10.6 Å². The molecule has 5 nitrogen and oxygen atoms in total. The molecule has 0 aromatic heterocycles. The molecular weight excluding hydrogens is 285 g/mol. The minimum Gasteiger partial charge on any atom is -0.349 e. The number of nitrogens with zero attached hydrogens (tertiary/aromatic N) is 3. The first kappa shape index (κ1) is 14.0. The summed E-state index contributed by atoms with van der Waals surface area (Å²) < 4.78 is 0. The number of anilines is 1. The van der Waals surface area contributed by atoms with E-state index in [9.17, 15) is 0 Å². The fraction of sp³-hybridized carbons (Fsp3) is 0.333. The lowest BCUT2D eigenvalue weighted by Crippen LogP contribution is -2.46. The maximum absolute atomic E-state index is 5.98. The van der Waals surface area contributed by atoms with Crippen LogP contribution in [0.4, 0.5) is 5.69 Å². The van der Waals surface area contributed by atoms with Crippen LogP contribution >= 0.6 is 23.2 Å². The molecule has 1 atom stereocenters. The third-order valence-electron chi connectivity index (χ3n) is 2.46. The molecule has 0 bridgehead atoms. The van der Waals surface area contributed by atoms with Gasteiger partial charge in [-0.3, -0.25) is 5.32 Å². The molecule has 0 spiro atoms. The van der Waals surface area contributed by atoms with Crippen molar-refractivity contribution in [2.45, 2.75) is 13.1 Å². The van der Waals surface area contributed by atoms with Crippen LogP contribution in [0.1, 0.15) is 6.92 Å². The summed E-state index contributed by atoms with van der Waals surface area (Å²) in [4.78, 5) is 10.6. The number of hydrogen-bond donors (Lipinski definition) is 2. The molecule has 1 unspecified atom stereocenters. The van der Waals surface area contributed by atoms with E-state index in [0.29, 0.717) is 16.0 Å². The van der Waals surface area contributed by atoms with Crippen molar-refractivity contribution in [3.8, 4) is 0 Å². The number of rotatable bonds is 1. The Hall–Kier alpha value is -1.46. The summed E-state index contributed by atoms with van der Waals surface area (Å²) in [6.07, 6.45) is -0.135. The fourth-order valence-electron chi connectivity index (χ4n) is 1.56. The van der Waals surface area contributed by atoms with E-state index in [-0.39, 0.29) is 6.17 Å². The minimum atomic E-state index is -0.135. The fourth-order valence-corrected chi connectivity index (χ4v) is 1.86. The molecule has 1 aromatic rings. The first-order valence-corrected chi connectivity index (χ1v) is 6.53. The van der Waals surface area contributed by atoms with Gasteiger partial charge in [0.1, 0.15) is 6.17 Å². The van der Waals surface area contributed by atoms with Gasteiger partial charge in [0.15, 0.2) is 0 Å². The van der Waals surface area contributed by atoms with Crippen molar-refractivity contribution in [1.29, 1.82) is 0 Å². The van der Waals surface area contributed by atoms with E-state index in [1.165, 1.54) is 0 Å². The van der Waals surface area contributed by atoms with Gasteiger partial charge in [-0.1, -0.05) is 23.2 Å². The van der Waals surface area contributed by atoms with Crippen molar-refractivity contribution in [3.63, 3.8) is 0 Å². The molecule has 0 saturated heterocycles. The molecule has 0 amide bonds. The summed E-state index contributed by atoms with van der Waals surface area (Å²) in [6, 6.07) is 5.32. The summed E-state index contributed by atoms with van der Waals surface area (Å²) in [7, 11) is 3.83. The third kappa shape index (κ3) is 3.52. The third-order valence-corrected chi connectivity index (χ3v) is 3.20. The predicted octanol–water partition coefficient (Wildman–Crippen LogP) is 2.63. The molecule has 7 heteroatoms. The van der Waals surface area contributed by atoms with E-state index < -0.39 is 0 Å². The lowest BCUT2D eigenvalue weighted by atomic mass is 10.3. The van der Waals surface area contributed by atoms with E-state index in [1.54, 1.807) is 12.1 Å². The van der Waals surface area contributed by atoms with Crippen LogP contribution in [0, 0.1) is 0 Å². The Balaban J connectivity index is 2.13. The van der Waals surface area contributed by atoms with Crippen molar-refractivity contribution in [2.24, 2.45) is 9.98 Å². The Morgan fingerprint density at radius 2 is 1.95 bits per heavy atom. The second-order valence-corrected chi connectivity index (χ2v) is 5.15. The number of halogens is 2. The van der Waals surface area contributed by atoms with Crippen molar-refractivity contribution < 1.29 is 0 Å². The van der Waals surface area contributed by atoms with Crippen LogP contribution in [0.3, 0.4) is 0 Å². The average Bonchev–Trinajstić information content (AvgIpc) is 2.33. The van der Waals surface area contributed by atoms with E-state index in [2.05, 4.69) is 20.6 Å². The molecule has 1 aromatic carbocycles. The van der Waals surface area contributed by atoms with E-state index in [4.69, 9.17) is 23.2 Å². The van der Waals surface area contributed by atoms with Gasteiger partial charge in [0, 0.05) is 19.8 Å². The maximum atomic E-state index is 5.98. The Labute approximate surface area is 122 Å². The van der Waals surface area contributed by atoms with Crippen molar-refractivity contribution in [2.75, 3.05) is 19.4 Å². The molecule has 0 aliphatic carbocycles. The predicted molar refractivity (Wildman–Crippen MR) is 81.2 cm³/mol. The highest BCUT2D eigenvalue weighted by Gasteiger charge is 2.14. The summed E-state index contributed by atoms with van der Waals surface area (Å²) in [5.74, 6) is 1.38. The van der Waals surface area contributed by atoms with Gasteiger partial charge >= 0.3 is 0 Å². The van der Waals surface area contributed by atoms with Gasteiger partial charge in [-0.2, -0.15) is 0 Å². The minimum absolute atomic E-state index is 0.135. The van der Waals surface area contributed by atoms with Crippen LogP contribution in [-0.2, 0) is 0 Å². The zero-order chi connectivity index (χ0) is 14.0. The molecule has 2 N–H and O–H groups in total. The summed E-state index contributed by atoms with van der Waals surface area (Å²) in [5.41, 5.74) is 0.813. The van der Waals surface area contributed by atoms with Gasteiger partial charge in [0.25, 0.3) is 0 Å². The van der Waals surface area contributed by atoms with E-state index in [0.717, 1.165) is 11.6 Å². The standard InChI is InChI=1S/C12H15Cl2N5/c1-7-15-11(18-12(16-7)19(2)3)17-8-4-5-9(13)10(14)6-8/h4-7H,1-3H3,(H2,15,16,17,18). The van der Waals surface area contributed by atoms with Crippen molar-refractivity contribution >= 4 is 40.8 Å². The molecular formula is C12H15Cl2N5. The molecule has 0 fully saturated rings. The van der Waals surface area contributed by atoms with Crippen molar-refractivity contribution in [1.82, 2.24) is 10.2 Å². The molecule has 102 valence electrons. The zero-order valence-electron chi connectivity index (χ0n) is 10.9. The van der Waals surface area contributed by atoms with Gasteiger partial charge in [0.05, 0.1) is 10.0 Å². The van der Waals surface area contributed by atoms with Crippen LogP contribution in [0.25, 0.3) is 0 Å². The normalized spacial score (nSPS) is 18.3. The molecule has 0 radical (unpaired) electrons. The van der Waals surface area contributed by atoms with Crippen molar-refractivity contribution in [3.05, 3.63) is 28.2 Å². The van der Waals surface area contributed by atoms with Gasteiger partial charge in [-0.15, -0.1) is 0 Å². The lowest BCUT2D eigenvalue weighted by molar-refractivity contribution is 0.582. The van der Waals surface area contributed by atoms with Crippen LogP contribution in [0.5, 0.6) is 0 Å². The number of benzene rings is 1. The van der Waals surface area contributed by atoms with Crippen LogP contribution in [0.2, 0.25) is 10.0 Å². The SMILES string of the molecule is CC1N=C(Nc2ccc(Cl)c(Cl)c2)NC(N(C)C)=N1. The molecule has 1 heterocycles. The van der Waals surface area contributed by atoms with Gasteiger partial charge in [-0.25, -0.2) is 9.98 Å². The van der Waals surface area contributed by atoms with Gasteiger partial charge in [0.2, 0.25) is 11.9 Å². The first-order chi connectivity index (χ1) is 8.95. The van der Waals surface area contributed by atoms with E-state index >= 15 is 0 Å². The first-order valence-electron chi connectivity index (χ1n) is 5.77. The molecule has 1 aliphatic rings. The highest BCUT2D eigenvalue weighted by molar-refractivity contribution is 6.42. The Morgan fingerprint density at radius 1 is 1.21 bits per heavy atom. The summed E-state index contributed by atoms with van der Waals surface area (Å²) in [6.45, 7) is 1.92. The maximum Gasteiger partial charge on any atom is 0.204 e. The topological polar surface area (TPSA) is 52.0 Å². The summed E-state index contributed by atoms with van der Waals surface area (Å²) in [5, 5.41) is 7.28. The Bertz CT molecular complexity index is 539.